The van der Waals surface area contributed by atoms with Crippen LogP contribution in [0.4, 0.5) is 4.39 Å². The summed E-state index contributed by atoms with van der Waals surface area (Å²) in [6.45, 7) is 2.50. The smallest absolute Gasteiger partial charge is 0.320 e. The van der Waals surface area contributed by atoms with Gasteiger partial charge in [0.2, 0.25) is 0 Å². The lowest BCUT2D eigenvalue weighted by molar-refractivity contribution is 0.624. The molecule has 7 heteroatoms. The van der Waals surface area contributed by atoms with Gasteiger partial charge in [0.05, 0.1) is 12.0 Å². The molecule has 2 aromatic heterocycles. The second kappa shape index (κ2) is 6.55. The van der Waals surface area contributed by atoms with Gasteiger partial charge in [-0.1, -0.05) is 24.3 Å². The van der Waals surface area contributed by atoms with Gasteiger partial charge in [0, 0.05) is 12.6 Å². The van der Waals surface area contributed by atoms with Crippen molar-refractivity contribution in [1.29, 1.82) is 0 Å². The van der Waals surface area contributed by atoms with Gasteiger partial charge in [-0.2, -0.15) is 0 Å². The summed E-state index contributed by atoms with van der Waals surface area (Å²) < 4.78 is 17.9. The fourth-order valence-electron chi connectivity index (χ4n) is 3.72. The Hall–Kier alpha value is -3.48. The van der Waals surface area contributed by atoms with Gasteiger partial charge in [0.25, 0.3) is 5.56 Å². The lowest BCUT2D eigenvalue weighted by Crippen LogP contribution is -2.39. The van der Waals surface area contributed by atoms with Crippen LogP contribution in [0.3, 0.4) is 0 Å². The second-order valence-corrected chi connectivity index (χ2v) is 7.47. The number of hydrogen-bond acceptors (Lipinski definition) is 3. The van der Waals surface area contributed by atoms with Crippen molar-refractivity contribution in [3.63, 3.8) is 0 Å². The van der Waals surface area contributed by atoms with Crippen molar-refractivity contribution in [1.82, 2.24) is 18.7 Å². The first-order valence-electron chi connectivity index (χ1n) is 9.57. The third kappa shape index (κ3) is 2.90. The van der Waals surface area contributed by atoms with Crippen molar-refractivity contribution in [2.45, 2.75) is 32.4 Å². The third-order valence-corrected chi connectivity index (χ3v) is 5.45. The molecule has 6 nitrogen and oxygen atoms in total. The monoisotopic (exact) mass is 390 g/mol. The Morgan fingerprint density at radius 1 is 1.07 bits per heavy atom. The van der Waals surface area contributed by atoms with Gasteiger partial charge in [-0.05, 0) is 55.2 Å². The van der Waals surface area contributed by atoms with E-state index in [1.165, 1.54) is 33.4 Å². The molecule has 1 aliphatic carbocycles. The standard InChI is InChI=1S/C22H19FN4O2/c1-14-4-2-3-5-15(14)12-25-13-24-20-19(25)21(28)27(18-10-11-18)22(29)26(20)17-8-6-16(23)7-9-17/h2-9,13,18H,10-12H2,1H3. The number of aromatic nitrogens is 4. The molecule has 1 fully saturated rings. The number of imidazole rings is 1. The first-order chi connectivity index (χ1) is 14.0. The molecule has 1 saturated carbocycles. The van der Waals surface area contributed by atoms with Gasteiger partial charge in [-0.15, -0.1) is 0 Å². The first kappa shape index (κ1) is 17.6. The van der Waals surface area contributed by atoms with Crippen molar-refractivity contribution in [2.24, 2.45) is 0 Å². The number of halogens is 1. The van der Waals surface area contributed by atoms with E-state index < -0.39 is 11.5 Å². The Morgan fingerprint density at radius 3 is 2.48 bits per heavy atom. The Kier molecular flexibility index (Phi) is 3.97. The molecule has 0 bridgehead atoms. The molecular weight excluding hydrogens is 371 g/mol. The maximum Gasteiger partial charge on any atom is 0.337 e. The number of nitrogens with zero attached hydrogens (tertiary/aromatic N) is 4. The minimum atomic E-state index is -0.433. The summed E-state index contributed by atoms with van der Waals surface area (Å²) in [6, 6.07) is 13.5. The lowest BCUT2D eigenvalue weighted by Gasteiger charge is -2.13. The number of rotatable bonds is 4. The predicted molar refractivity (Wildman–Crippen MR) is 108 cm³/mol. The zero-order chi connectivity index (χ0) is 20.1. The Bertz CT molecular complexity index is 1340. The second-order valence-electron chi connectivity index (χ2n) is 7.47. The Labute approximate surface area is 165 Å². The number of benzene rings is 2. The van der Waals surface area contributed by atoms with Crippen molar-refractivity contribution in [3.05, 3.63) is 92.6 Å². The van der Waals surface area contributed by atoms with E-state index in [4.69, 9.17) is 0 Å². The highest BCUT2D eigenvalue weighted by Crippen LogP contribution is 2.32. The molecule has 2 aromatic carbocycles. The van der Waals surface area contributed by atoms with Gasteiger partial charge in [-0.3, -0.25) is 9.36 Å². The lowest BCUT2D eigenvalue weighted by atomic mass is 10.1. The molecule has 1 aliphatic rings. The van der Waals surface area contributed by atoms with Crippen LogP contribution in [0, 0.1) is 12.7 Å². The van der Waals surface area contributed by atoms with Crippen LogP contribution in [-0.4, -0.2) is 18.7 Å². The van der Waals surface area contributed by atoms with E-state index in [0.29, 0.717) is 17.7 Å². The average Bonchev–Trinajstić information content (AvgIpc) is 3.45. The van der Waals surface area contributed by atoms with Crippen LogP contribution in [0.15, 0.2) is 64.4 Å². The third-order valence-electron chi connectivity index (χ3n) is 5.45. The van der Waals surface area contributed by atoms with E-state index in [1.54, 1.807) is 10.9 Å². The van der Waals surface area contributed by atoms with Gasteiger partial charge in [0.15, 0.2) is 11.2 Å². The maximum absolute atomic E-state index is 13.4. The van der Waals surface area contributed by atoms with E-state index in [-0.39, 0.29) is 17.2 Å². The minimum absolute atomic E-state index is 0.0899. The van der Waals surface area contributed by atoms with E-state index in [1.807, 2.05) is 31.2 Å². The molecule has 0 atom stereocenters. The highest BCUT2D eigenvalue weighted by atomic mass is 19.1. The maximum atomic E-state index is 13.4. The summed E-state index contributed by atoms with van der Waals surface area (Å²) >= 11 is 0. The molecule has 0 saturated heterocycles. The van der Waals surface area contributed by atoms with E-state index in [9.17, 15) is 14.0 Å². The molecular formula is C22H19FN4O2. The van der Waals surface area contributed by atoms with Crippen LogP contribution < -0.4 is 11.2 Å². The molecule has 0 aliphatic heterocycles. The fourth-order valence-corrected chi connectivity index (χ4v) is 3.72. The summed E-state index contributed by atoms with van der Waals surface area (Å²) in [5.41, 5.74) is 2.58. The molecule has 2 heterocycles. The zero-order valence-electron chi connectivity index (χ0n) is 15.9. The van der Waals surface area contributed by atoms with Gasteiger partial charge >= 0.3 is 5.69 Å². The van der Waals surface area contributed by atoms with Crippen molar-refractivity contribution in [2.75, 3.05) is 0 Å². The molecule has 4 aromatic rings. The topological polar surface area (TPSA) is 61.8 Å². The van der Waals surface area contributed by atoms with Crippen molar-refractivity contribution < 1.29 is 4.39 Å². The predicted octanol–water partition coefficient (Wildman–Crippen LogP) is 3.18. The fraction of sp³-hybridized carbons (Fsp3) is 0.227. The summed E-state index contributed by atoms with van der Waals surface area (Å²) in [4.78, 5) is 30.8. The highest BCUT2D eigenvalue weighted by molar-refractivity contribution is 5.72. The summed E-state index contributed by atoms with van der Waals surface area (Å²) in [6.07, 6.45) is 3.20. The van der Waals surface area contributed by atoms with Crippen LogP contribution in [0.25, 0.3) is 16.9 Å². The number of aryl methyl sites for hydroxylation is 1. The normalized spacial score (nSPS) is 13.9. The van der Waals surface area contributed by atoms with E-state index in [2.05, 4.69) is 4.98 Å². The van der Waals surface area contributed by atoms with Crippen LogP contribution in [0.2, 0.25) is 0 Å². The van der Waals surface area contributed by atoms with Gasteiger partial charge in [0.1, 0.15) is 5.82 Å². The minimum Gasteiger partial charge on any atom is -0.320 e. The average molecular weight is 390 g/mol. The Balaban J connectivity index is 1.78. The molecule has 0 unspecified atom stereocenters. The van der Waals surface area contributed by atoms with Crippen molar-refractivity contribution in [3.8, 4) is 5.69 Å². The van der Waals surface area contributed by atoms with Crippen LogP contribution in [0.5, 0.6) is 0 Å². The van der Waals surface area contributed by atoms with Crippen LogP contribution in [0.1, 0.15) is 30.0 Å². The van der Waals surface area contributed by atoms with E-state index in [0.717, 1.165) is 24.0 Å². The largest absolute Gasteiger partial charge is 0.337 e. The summed E-state index contributed by atoms with van der Waals surface area (Å²) in [5.74, 6) is -0.390. The quantitative estimate of drug-likeness (QED) is 0.538. The molecule has 5 rings (SSSR count). The van der Waals surface area contributed by atoms with E-state index >= 15 is 0 Å². The first-order valence-corrected chi connectivity index (χ1v) is 9.57. The summed E-state index contributed by atoms with van der Waals surface area (Å²) in [7, 11) is 0. The van der Waals surface area contributed by atoms with Gasteiger partial charge < -0.3 is 4.57 Å². The zero-order valence-corrected chi connectivity index (χ0v) is 15.9. The molecule has 0 amide bonds. The number of hydrogen-bond donors (Lipinski definition) is 0. The molecule has 146 valence electrons. The summed E-state index contributed by atoms with van der Waals surface area (Å²) in [5, 5.41) is 0. The van der Waals surface area contributed by atoms with Crippen LogP contribution in [-0.2, 0) is 6.54 Å². The van der Waals surface area contributed by atoms with Crippen molar-refractivity contribution >= 4 is 11.2 Å². The molecule has 0 N–H and O–H groups in total. The molecule has 0 spiro atoms. The molecule has 29 heavy (non-hydrogen) atoms. The number of fused-ring (bicyclic) bond motifs is 1. The SMILES string of the molecule is Cc1ccccc1Cn1cnc2c1c(=O)n(C1CC1)c(=O)n2-c1ccc(F)cc1. The Morgan fingerprint density at radius 2 is 1.79 bits per heavy atom. The van der Waals surface area contributed by atoms with Gasteiger partial charge in [-0.25, -0.2) is 18.7 Å². The van der Waals surface area contributed by atoms with Crippen LogP contribution >= 0.6 is 0 Å². The molecule has 0 radical (unpaired) electrons. The highest BCUT2D eigenvalue weighted by Gasteiger charge is 2.30.